The van der Waals surface area contributed by atoms with Crippen LogP contribution in [-0.2, 0) is 0 Å². The number of rotatable bonds is 3. The lowest BCUT2D eigenvalue weighted by Crippen LogP contribution is -2.14. The molecule has 0 fully saturated rings. The fourth-order valence-corrected chi connectivity index (χ4v) is 5.14. The largest absolute Gasteiger partial charge is 0.306 e. The van der Waals surface area contributed by atoms with E-state index in [0.717, 1.165) is 27.2 Å². The highest BCUT2D eigenvalue weighted by Gasteiger charge is 2.19. The maximum Gasteiger partial charge on any atom is 0.259 e. The molecular weight excluding hydrogens is 423 g/mol. The average molecular weight is 437 g/mol. The zero-order valence-corrected chi connectivity index (χ0v) is 17.8. The molecule has 3 aromatic heterocycles. The molecule has 4 aromatic rings. The van der Waals surface area contributed by atoms with Gasteiger partial charge in [-0.15, -0.1) is 11.3 Å². The van der Waals surface area contributed by atoms with Crippen LogP contribution in [-0.4, -0.2) is 20.7 Å². The van der Waals surface area contributed by atoms with Crippen LogP contribution < -0.4 is 5.32 Å². The van der Waals surface area contributed by atoms with Gasteiger partial charge >= 0.3 is 0 Å². The van der Waals surface area contributed by atoms with E-state index in [1.54, 1.807) is 16.8 Å². The molecular formula is C18H14Cl2N4OS2. The lowest BCUT2D eigenvalue weighted by atomic mass is 10.1. The van der Waals surface area contributed by atoms with Gasteiger partial charge in [0, 0.05) is 6.07 Å². The Balaban J connectivity index is 1.73. The molecule has 5 nitrogen and oxygen atoms in total. The van der Waals surface area contributed by atoms with E-state index in [4.69, 9.17) is 23.2 Å². The Hall–Kier alpha value is -1.93. The average Bonchev–Trinajstić information content (AvgIpc) is 3.25. The number of benzene rings is 1. The van der Waals surface area contributed by atoms with Crippen LogP contribution in [0.2, 0.25) is 8.67 Å². The molecule has 9 heteroatoms. The van der Waals surface area contributed by atoms with Crippen LogP contribution in [0.5, 0.6) is 0 Å². The normalized spacial score (nSPS) is 11.3. The molecule has 0 unspecified atom stereocenters. The first-order valence-electron chi connectivity index (χ1n) is 8.03. The van der Waals surface area contributed by atoms with Crippen molar-refractivity contribution in [3.63, 3.8) is 0 Å². The van der Waals surface area contributed by atoms with Gasteiger partial charge in [0.05, 0.1) is 25.8 Å². The minimum absolute atomic E-state index is 0.336. The van der Waals surface area contributed by atoms with Crippen molar-refractivity contribution in [2.24, 2.45) is 0 Å². The molecule has 3 heterocycles. The predicted molar refractivity (Wildman–Crippen MR) is 113 cm³/mol. The summed E-state index contributed by atoms with van der Waals surface area (Å²) in [5.74, 6) is 0.195. The van der Waals surface area contributed by atoms with Gasteiger partial charge in [0.1, 0.15) is 10.2 Å². The van der Waals surface area contributed by atoms with E-state index >= 15 is 0 Å². The van der Waals surface area contributed by atoms with E-state index in [2.05, 4.69) is 41.4 Å². The number of anilines is 1. The summed E-state index contributed by atoms with van der Waals surface area (Å²) in [5.41, 5.74) is 4.43. The van der Waals surface area contributed by atoms with Crippen molar-refractivity contribution in [1.29, 1.82) is 0 Å². The van der Waals surface area contributed by atoms with E-state index in [-0.39, 0.29) is 5.91 Å². The number of thiazole rings is 1. The third-order valence-corrected chi connectivity index (χ3v) is 6.63. The second-order valence-corrected chi connectivity index (χ2v) is 9.47. The van der Waals surface area contributed by atoms with Crippen LogP contribution in [0.15, 0.2) is 24.3 Å². The molecule has 0 bridgehead atoms. The summed E-state index contributed by atoms with van der Waals surface area (Å²) in [4.78, 5) is 17.3. The third kappa shape index (κ3) is 3.48. The highest BCUT2D eigenvalue weighted by atomic mass is 35.5. The maximum absolute atomic E-state index is 12.6. The number of aryl methyl sites for hydroxylation is 3. The number of hydrogen-bond acceptors (Lipinski definition) is 5. The Morgan fingerprint density at radius 2 is 1.81 bits per heavy atom. The fraction of sp³-hybridized carbons (Fsp3) is 0.167. The molecule has 4 rings (SSSR count). The van der Waals surface area contributed by atoms with Crippen LogP contribution in [0.3, 0.4) is 0 Å². The molecule has 1 aromatic carbocycles. The molecule has 0 saturated heterocycles. The summed E-state index contributed by atoms with van der Waals surface area (Å²) in [6, 6.07) is 7.53. The molecule has 0 spiro atoms. The molecule has 0 radical (unpaired) electrons. The second kappa shape index (κ2) is 6.91. The van der Waals surface area contributed by atoms with Gasteiger partial charge in [-0.25, -0.2) is 4.98 Å². The summed E-state index contributed by atoms with van der Waals surface area (Å²) >= 11 is 14.7. The topological polar surface area (TPSA) is 59.8 Å². The number of carbonyl (C=O) groups excluding carboxylic acids is 1. The Bertz CT molecular complexity index is 1150. The predicted octanol–water partition coefficient (Wildman–Crippen LogP) is 6.03. The van der Waals surface area contributed by atoms with E-state index in [0.29, 0.717) is 25.2 Å². The lowest BCUT2D eigenvalue weighted by Gasteiger charge is -2.05. The number of fused-ring (bicyclic) bond motifs is 1. The summed E-state index contributed by atoms with van der Waals surface area (Å²) in [7, 11) is 0. The number of carbonyl (C=O) groups is 1. The Morgan fingerprint density at radius 1 is 1.07 bits per heavy atom. The molecule has 0 aliphatic heterocycles. The van der Waals surface area contributed by atoms with Gasteiger partial charge < -0.3 is 5.32 Å². The molecule has 0 saturated carbocycles. The van der Waals surface area contributed by atoms with Crippen molar-refractivity contribution in [3.05, 3.63) is 55.3 Å². The first-order valence-corrected chi connectivity index (χ1v) is 10.4. The Kier molecular flexibility index (Phi) is 4.71. The van der Waals surface area contributed by atoms with Crippen LogP contribution >= 0.6 is 45.9 Å². The van der Waals surface area contributed by atoms with Crippen molar-refractivity contribution < 1.29 is 4.79 Å². The van der Waals surface area contributed by atoms with Gasteiger partial charge in [0.2, 0.25) is 5.13 Å². The number of nitrogens with zero attached hydrogens (tertiary/aromatic N) is 3. The first kappa shape index (κ1) is 18.4. The van der Waals surface area contributed by atoms with Crippen molar-refractivity contribution in [3.8, 4) is 5.13 Å². The van der Waals surface area contributed by atoms with Crippen LogP contribution in [0.4, 0.5) is 5.82 Å². The highest BCUT2D eigenvalue weighted by molar-refractivity contribution is 7.21. The summed E-state index contributed by atoms with van der Waals surface area (Å²) in [6.07, 6.45) is 0. The van der Waals surface area contributed by atoms with E-state index in [1.807, 2.05) is 6.92 Å². The van der Waals surface area contributed by atoms with Crippen LogP contribution in [0.1, 0.15) is 27.2 Å². The first-order chi connectivity index (χ1) is 12.8. The van der Waals surface area contributed by atoms with Gasteiger partial charge in [-0.05, 0) is 50.1 Å². The number of halogens is 2. The zero-order valence-electron chi connectivity index (χ0n) is 14.6. The Morgan fingerprint density at radius 3 is 2.52 bits per heavy atom. The molecule has 0 aliphatic carbocycles. The standard InChI is InChI=1S/C18H14Cl2N4OS2/c1-8-4-12-13(5-9(8)2)26-18(21-12)24-15(6-10(3)23-24)22-17(25)11-7-14(19)27-16(11)20/h4-7H,1-3H3,(H,22,25). The Labute approximate surface area is 173 Å². The van der Waals surface area contributed by atoms with Gasteiger partial charge in [0.25, 0.3) is 5.91 Å². The molecule has 138 valence electrons. The minimum Gasteiger partial charge on any atom is -0.306 e. The zero-order chi connectivity index (χ0) is 19.3. The van der Waals surface area contributed by atoms with Crippen LogP contribution in [0, 0.1) is 20.8 Å². The summed E-state index contributed by atoms with van der Waals surface area (Å²) in [5, 5.41) is 8.04. The van der Waals surface area contributed by atoms with E-state index < -0.39 is 0 Å². The lowest BCUT2D eigenvalue weighted by molar-refractivity contribution is 0.102. The minimum atomic E-state index is -0.336. The van der Waals surface area contributed by atoms with Crippen molar-refractivity contribution >= 4 is 67.8 Å². The van der Waals surface area contributed by atoms with Gasteiger partial charge in [0.15, 0.2) is 0 Å². The number of aromatic nitrogens is 3. The number of hydrogen-bond donors (Lipinski definition) is 1. The van der Waals surface area contributed by atoms with Crippen molar-refractivity contribution in [2.75, 3.05) is 5.32 Å². The van der Waals surface area contributed by atoms with Crippen molar-refractivity contribution in [2.45, 2.75) is 20.8 Å². The molecule has 0 atom stereocenters. The number of thiophene rings is 1. The number of amides is 1. The number of nitrogens with one attached hydrogen (secondary N) is 1. The van der Waals surface area contributed by atoms with E-state index in [1.165, 1.54) is 22.5 Å². The molecule has 27 heavy (non-hydrogen) atoms. The molecule has 1 amide bonds. The third-order valence-electron chi connectivity index (χ3n) is 4.15. The maximum atomic E-state index is 12.6. The summed E-state index contributed by atoms with van der Waals surface area (Å²) < 4.78 is 3.54. The molecule has 1 N–H and O–H groups in total. The quantitative estimate of drug-likeness (QED) is 0.426. The van der Waals surface area contributed by atoms with Crippen LogP contribution in [0.25, 0.3) is 15.3 Å². The highest BCUT2D eigenvalue weighted by Crippen LogP contribution is 2.33. The smallest absolute Gasteiger partial charge is 0.259 e. The monoisotopic (exact) mass is 436 g/mol. The fourth-order valence-electron chi connectivity index (χ4n) is 2.67. The van der Waals surface area contributed by atoms with E-state index in [9.17, 15) is 4.79 Å². The van der Waals surface area contributed by atoms with Gasteiger partial charge in [-0.1, -0.05) is 34.5 Å². The second-order valence-electron chi connectivity index (χ2n) is 6.18. The summed E-state index contributed by atoms with van der Waals surface area (Å²) in [6.45, 7) is 6.00. The SMILES string of the molecule is Cc1cc(NC(=O)c2cc(Cl)sc2Cl)n(-c2nc3cc(C)c(C)cc3s2)n1. The van der Waals surface area contributed by atoms with Gasteiger partial charge in [-0.3, -0.25) is 4.79 Å². The molecule has 0 aliphatic rings. The van der Waals surface area contributed by atoms with Crippen molar-refractivity contribution in [1.82, 2.24) is 14.8 Å². The van der Waals surface area contributed by atoms with Gasteiger partial charge in [-0.2, -0.15) is 9.78 Å².